The van der Waals surface area contributed by atoms with Gasteiger partial charge in [-0.2, -0.15) is 0 Å². The first-order valence-corrected chi connectivity index (χ1v) is 11.3. The first-order chi connectivity index (χ1) is 14.2. The SMILES string of the molecule is C=C(CC)c1ccc(C2=CCC(C3=CCC=C(CCCCCCC)C=C3)=N2)cc1. The molecular weight excluding hydrogens is 350 g/mol. The minimum atomic E-state index is 0.918. The highest BCUT2D eigenvalue weighted by Gasteiger charge is 2.14. The number of hydrogen-bond donors (Lipinski definition) is 0. The Labute approximate surface area is 177 Å². The van der Waals surface area contributed by atoms with E-state index in [1.807, 2.05) is 0 Å². The standard InChI is InChI=1S/C28H35N/c1-4-6-7-8-9-11-23-12-10-13-25(15-14-23)27-20-21-28(29-27)26-18-16-24(17-19-26)22(3)5-2/h12-19,21H,3-11,20H2,1-2H3. The molecule has 29 heavy (non-hydrogen) atoms. The van der Waals surface area contributed by atoms with E-state index in [2.05, 4.69) is 75.1 Å². The lowest BCUT2D eigenvalue weighted by molar-refractivity contribution is 0.633. The van der Waals surface area contributed by atoms with Crippen molar-refractivity contribution >= 4 is 17.0 Å². The molecule has 0 spiro atoms. The van der Waals surface area contributed by atoms with E-state index >= 15 is 0 Å². The molecule has 1 aromatic carbocycles. The first kappa shape index (κ1) is 21.3. The van der Waals surface area contributed by atoms with Crippen LogP contribution < -0.4 is 0 Å². The maximum absolute atomic E-state index is 4.95. The summed E-state index contributed by atoms with van der Waals surface area (Å²) >= 11 is 0. The summed E-state index contributed by atoms with van der Waals surface area (Å²) in [5, 5.41) is 0. The van der Waals surface area contributed by atoms with Crippen molar-refractivity contribution in [2.24, 2.45) is 4.99 Å². The fraction of sp³-hybridized carbons (Fsp3) is 0.393. The summed E-state index contributed by atoms with van der Waals surface area (Å²) in [4.78, 5) is 4.95. The third-order valence-electron chi connectivity index (χ3n) is 5.86. The molecule has 0 amide bonds. The minimum absolute atomic E-state index is 0.918. The summed E-state index contributed by atoms with van der Waals surface area (Å²) in [6, 6.07) is 8.67. The highest BCUT2D eigenvalue weighted by Crippen LogP contribution is 2.28. The predicted molar refractivity (Wildman–Crippen MR) is 129 cm³/mol. The van der Waals surface area contributed by atoms with Crippen LogP contribution in [0, 0.1) is 0 Å². The average molecular weight is 386 g/mol. The zero-order valence-corrected chi connectivity index (χ0v) is 18.2. The maximum atomic E-state index is 4.95. The smallest absolute Gasteiger partial charge is 0.0669 e. The van der Waals surface area contributed by atoms with Crippen LogP contribution >= 0.6 is 0 Å². The molecule has 1 heteroatoms. The molecule has 0 N–H and O–H groups in total. The molecule has 0 saturated heterocycles. The van der Waals surface area contributed by atoms with E-state index in [9.17, 15) is 0 Å². The number of nitrogens with zero attached hydrogens (tertiary/aromatic N) is 1. The molecule has 0 radical (unpaired) electrons. The van der Waals surface area contributed by atoms with Crippen LogP contribution in [0.2, 0.25) is 0 Å². The molecule has 0 aromatic heterocycles. The van der Waals surface area contributed by atoms with E-state index in [-0.39, 0.29) is 0 Å². The lowest BCUT2D eigenvalue weighted by Gasteiger charge is -2.05. The van der Waals surface area contributed by atoms with E-state index in [1.165, 1.54) is 72.1 Å². The fourth-order valence-electron chi connectivity index (χ4n) is 3.88. The van der Waals surface area contributed by atoms with Gasteiger partial charge in [-0.3, -0.25) is 4.99 Å². The summed E-state index contributed by atoms with van der Waals surface area (Å²) in [5.74, 6) is 0. The van der Waals surface area contributed by atoms with Crippen molar-refractivity contribution in [1.29, 1.82) is 0 Å². The molecule has 1 heterocycles. The molecule has 0 unspecified atom stereocenters. The van der Waals surface area contributed by atoms with Gasteiger partial charge in [-0.15, -0.1) is 0 Å². The Balaban J connectivity index is 1.58. The Morgan fingerprint density at radius 3 is 2.48 bits per heavy atom. The predicted octanol–water partition coefficient (Wildman–Crippen LogP) is 8.47. The van der Waals surface area contributed by atoms with Crippen molar-refractivity contribution in [3.63, 3.8) is 0 Å². The van der Waals surface area contributed by atoms with Crippen LogP contribution in [0.5, 0.6) is 0 Å². The van der Waals surface area contributed by atoms with Gasteiger partial charge in [-0.25, -0.2) is 0 Å². The third-order valence-corrected chi connectivity index (χ3v) is 5.86. The molecule has 3 rings (SSSR count). The fourth-order valence-corrected chi connectivity index (χ4v) is 3.88. The highest BCUT2D eigenvalue weighted by molar-refractivity contribution is 6.09. The van der Waals surface area contributed by atoms with Gasteiger partial charge in [0.2, 0.25) is 0 Å². The second-order valence-electron chi connectivity index (χ2n) is 8.06. The molecule has 1 nitrogen and oxygen atoms in total. The molecule has 0 bridgehead atoms. The molecule has 1 aliphatic heterocycles. The van der Waals surface area contributed by atoms with Crippen molar-refractivity contribution in [3.05, 3.63) is 83.5 Å². The van der Waals surface area contributed by atoms with E-state index in [4.69, 9.17) is 4.99 Å². The van der Waals surface area contributed by atoms with Crippen molar-refractivity contribution in [2.45, 2.75) is 71.6 Å². The number of hydrogen-bond acceptors (Lipinski definition) is 1. The van der Waals surface area contributed by atoms with E-state index in [0.29, 0.717) is 0 Å². The molecule has 152 valence electrons. The van der Waals surface area contributed by atoms with Crippen molar-refractivity contribution in [3.8, 4) is 0 Å². The van der Waals surface area contributed by atoms with Crippen LogP contribution in [0.3, 0.4) is 0 Å². The Bertz CT molecular complexity index is 856. The Hall–Kier alpha value is -2.41. The molecule has 0 fully saturated rings. The van der Waals surface area contributed by atoms with Gasteiger partial charge in [-0.1, -0.05) is 106 Å². The van der Waals surface area contributed by atoms with Gasteiger partial charge in [-0.05, 0) is 48.0 Å². The molecule has 1 aliphatic carbocycles. The number of rotatable bonds is 10. The van der Waals surface area contributed by atoms with E-state index < -0.39 is 0 Å². The van der Waals surface area contributed by atoms with Gasteiger partial charge in [0.05, 0.1) is 11.4 Å². The molecular formula is C28H35N. The largest absolute Gasteiger partial charge is 0.252 e. The topological polar surface area (TPSA) is 12.4 Å². The zero-order valence-electron chi connectivity index (χ0n) is 18.2. The quantitative estimate of drug-likeness (QED) is 0.358. The van der Waals surface area contributed by atoms with Crippen LogP contribution in [0.1, 0.15) is 82.8 Å². The van der Waals surface area contributed by atoms with E-state index in [1.54, 1.807) is 0 Å². The summed E-state index contributed by atoms with van der Waals surface area (Å²) in [6.45, 7) is 8.55. The lowest BCUT2D eigenvalue weighted by atomic mass is 10.0. The summed E-state index contributed by atoms with van der Waals surface area (Å²) in [5.41, 5.74) is 8.64. The summed E-state index contributed by atoms with van der Waals surface area (Å²) in [6.07, 6.45) is 22.4. The molecule has 0 saturated carbocycles. The van der Waals surface area contributed by atoms with Crippen LogP contribution in [0.15, 0.2) is 77.4 Å². The lowest BCUT2D eigenvalue weighted by Crippen LogP contribution is -1.96. The molecule has 1 aromatic rings. The van der Waals surface area contributed by atoms with Crippen LogP contribution in [-0.2, 0) is 0 Å². The van der Waals surface area contributed by atoms with Gasteiger partial charge in [0.1, 0.15) is 0 Å². The molecule has 2 aliphatic rings. The molecule has 0 atom stereocenters. The van der Waals surface area contributed by atoms with Crippen molar-refractivity contribution in [2.75, 3.05) is 0 Å². The Kier molecular flexibility index (Phi) is 8.04. The Morgan fingerprint density at radius 1 is 0.931 bits per heavy atom. The number of unbranched alkanes of at least 4 members (excludes halogenated alkanes) is 4. The van der Waals surface area contributed by atoms with Gasteiger partial charge in [0, 0.05) is 6.42 Å². The van der Waals surface area contributed by atoms with Gasteiger partial charge in [0.25, 0.3) is 0 Å². The van der Waals surface area contributed by atoms with Crippen molar-refractivity contribution in [1.82, 2.24) is 0 Å². The second-order valence-corrected chi connectivity index (χ2v) is 8.06. The number of benzene rings is 1. The first-order valence-electron chi connectivity index (χ1n) is 11.3. The van der Waals surface area contributed by atoms with Crippen LogP contribution in [0.25, 0.3) is 11.3 Å². The van der Waals surface area contributed by atoms with Crippen molar-refractivity contribution < 1.29 is 0 Å². The Morgan fingerprint density at radius 2 is 1.72 bits per heavy atom. The monoisotopic (exact) mass is 385 g/mol. The van der Waals surface area contributed by atoms with Gasteiger partial charge >= 0.3 is 0 Å². The van der Waals surface area contributed by atoms with Gasteiger partial charge in [0.15, 0.2) is 0 Å². The number of allylic oxidation sites excluding steroid dienone is 8. The second kappa shape index (κ2) is 11.0. The average Bonchev–Trinajstić information content (AvgIpc) is 3.13. The third kappa shape index (κ3) is 6.03. The van der Waals surface area contributed by atoms with E-state index in [0.717, 1.165) is 25.0 Å². The maximum Gasteiger partial charge on any atom is 0.0669 e. The minimum Gasteiger partial charge on any atom is -0.252 e. The van der Waals surface area contributed by atoms with Crippen LogP contribution in [-0.4, -0.2) is 5.71 Å². The zero-order chi connectivity index (χ0) is 20.5. The number of aliphatic imine (C=N–C) groups is 1. The normalized spacial score (nSPS) is 16.1. The van der Waals surface area contributed by atoms with Gasteiger partial charge < -0.3 is 0 Å². The summed E-state index contributed by atoms with van der Waals surface area (Å²) < 4.78 is 0. The summed E-state index contributed by atoms with van der Waals surface area (Å²) in [7, 11) is 0. The highest BCUT2D eigenvalue weighted by atomic mass is 14.8. The van der Waals surface area contributed by atoms with Crippen LogP contribution in [0.4, 0.5) is 0 Å².